The number of nitrogens with two attached hydrogens (primary N) is 1. The van der Waals surface area contributed by atoms with Gasteiger partial charge in [-0.2, -0.15) is 5.26 Å². The molecule has 0 fully saturated rings. The van der Waals surface area contributed by atoms with E-state index in [1.54, 1.807) is 20.3 Å². The summed E-state index contributed by atoms with van der Waals surface area (Å²) in [5, 5.41) is 7.32. The summed E-state index contributed by atoms with van der Waals surface area (Å²) >= 11 is 0. The third kappa shape index (κ3) is 712. The number of rotatable bonds is 2. The Bertz CT molecular complexity index is 114. The van der Waals surface area contributed by atoms with E-state index in [2.05, 4.69) is 15.2 Å². The molecule has 0 radical (unpaired) electrons. The van der Waals surface area contributed by atoms with E-state index in [4.69, 9.17) is 5.26 Å². The third-order valence-corrected chi connectivity index (χ3v) is 0.236. The van der Waals surface area contributed by atoms with Gasteiger partial charge in [0.2, 0.25) is 5.91 Å². The van der Waals surface area contributed by atoms with Gasteiger partial charge in [-0.05, 0) is 0 Å². The van der Waals surface area contributed by atoms with Crippen LogP contribution in [0.15, 0.2) is 0 Å². The Hall–Kier alpha value is -1.12. The first-order chi connectivity index (χ1) is 5.56. The van der Waals surface area contributed by atoms with Gasteiger partial charge in [0.05, 0.1) is 6.07 Å². The Balaban J connectivity index is -0.000000105. The van der Waals surface area contributed by atoms with Crippen LogP contribution in [0, 0.1) is 11.3 Å². The number of carbonyl (C=O) groups is 1. The maximum atomic E-state index is 9.22. The van der Waals surface area contributed by atoms with E-state index in [0.717, 1.165) is 0 Å². The summed E-state index contributed by atoms with van der Waals surface area (Å²) in [6.07, 6.45) is 0. The lowest BCUT2D eigenvalue weighted by Crippen LogP contribution is -2.01. The third-order valence-electron chi connectivity index (χ3n) is 0.236. The molecule has 2 N–H and O–H groups in total. The predicted octanol–water partition coefficient (Wildman–Crippen LogP) is 0.258. The van der Waals surface area contributed by atoms with Crippen LogP contribution in [0.5, 0.6) is 0 Å². The van der Waals surface area contributed by atoms with Crippen LogP contribution < -0.4 is 5.73 Å². The van der Waals surface area contributed by atoms with E-state index >= 15 is 0 Å². The smallest absolute Gasteiger partial charge is 0.214 e. The molecule has 12 heavy (non-hydrogen) atoms. The topological polar surface area (TPSA) is 85.3 Å². The van der Waals surface area contributed by atoms with Crippen molar-refractivity contribution in [3.63, 3.8) is 0 Å². The summed E-state index contributed by atoms with van der Waals surface area (Å²) in [6, 6.07) is 1.75. The van der Waals surface area contributed by atoms with E-state index in [1.165, 1.54) is 13.8 Å². The minimum Gasteiger partial charge on any atom is -0.370 e. The fraction of sp³-hybridized carbons (Fsp3) is 0.714. The highest BCUT2D eigenvalue weighted by molar-refractivity contribution is 5.70. The van der Waals surface area contributed by atoms with Gasteiger partial charge < -0.3 is 15.2 Å². The van der Waals surface area contributed by atoms with Crippen LogP contribution in [0.1, 0.15) is 13.8 Å². The lowest BCUT2D eigenvalue weighted by molar-refractivity contribution is -0.115. The summed E-state index contributed by atoms with van der Waals surface area (Å²) in [7, 11) is 3.17. The van der Waals surface area contributed by atoms with Crippen molar-refractivity contribution < 1.29 is 14.3 Å². The molecule has 0 atom stereocenters. The molecule has 5 nitrogen and oxygen atoms in total. The van der Waals surface area contributed by atoms with Gasteiger partial charge in [-0.3, -0.25) is 4.79 Å². The van der Waals surface area contributed by atoms with Crippen LogP contribution in [0.2, 0.25) is 0 Å². The number of nitrogens with zero attached hydrogens (tertiary/aromatic N) is 1. The van der Waals surface area contributed by atoms with Crippen molar-refractivity contribution in [3.05, 3.63) is 0 Å². The van der Waals surface area contributed by atoms with Gasteiger partial charge in [0.25, 0.3) is 0 Å². The quantitative estimate of drug-likeness (QED) is 0.611. The minimum atomic E-state index is -0.333. The van der Waals surface area contributed by atoms with Gasteiger partial charge in [-0.1, -0.05) is 0 Å². The van der Waals surface area contributed by atoms with E-state index in [0.29, 0.717) is 6.79 Å². The van der Waals surface area contributed by atoms with Crippen LogP contribution in [0.3, 0.4) is 0 Å². The molecule has 0 aromatic heterocycles. The first-order valence-corrected chi connectivity index (χ1v) is 3.11. The van der Waals surface area contributed by atoms with Crippen molar-refractivity contribution in [2.75, 3.05) is 21.0 Å². The molecule has 0 spiro atoms. The van der Waals surface area contributed by atoms with Gasteiger partial charge >= 0.3 is 0 Å². The maximum Gasteiger partial charge on any atom is 0.214 e. The summed E-state index contributed by atoms with van der Waals surface area (Å²) < 4.78 is 8.94. The lowest BCUT2D eigenvalue weighted by Gasteiger charge is -1.87. The monoisotopic (exact) mass is 176 g/mol. The fourth-order valence-corrected chi connectivity index (χ4v) is 0.118. The Labute approximate surface area is 73.1 Å². The minimum absolute atomic E-state index is 0.333. The molecule has 72 valence electrons. The molecule has 0 aliphatic rings. The first kappa shape index (κ1) is 17.1. The number of primary amides is 1. The molecule has 5 heteroatoms. The number of methoxy groups -OCH3 is 2. The molecule has 0 rings (SSSR count). The molecule has 0 saturated heterocycles. The summed E-state index contributed by atoms with van der Waals surface area (Å²) in [5.41, 5.74) is 4.47. The highest BCUT2D eigenvalue weighted by Crippen LogP contribution is 1.60. The summed E-state index contributed by atoms with van der Waals surface area (Å²) in [6.45, 7) is 3.12. The number of ether oxygens (including phenoxy) is 2. The molecule has 0 aromatic rings. The van der Waals surface area contributed by atoms with Crippen molar-refractivity contribution in [3.8, 4) is 6.07 Å². The molecular formula is C7H16N2O3. The average molecular weight is 176 g/mol. The average Bonchev–Trinajstić information content (AvgIpc) is 1.89. The second kappa shape index (κ2) is 22.5. The van der Waals surface area contributed by atoms with Gasteiger partial charge in [-0.25, -0.2) is 0 Å². The van der Waals surface area contributed by atoms with E-state index in [9.17, 15) is 4.79 Å². The molecule has 0 heterocycles. The molecule has 0 unspecified atom stereocenters. The number of amides is 1. The SMILES string of the molecule is CC#N.CC(N)=O.COCOC. The normalized spacial score (nSPS) is 6.25. The van der Waals surface area contributed by atoms with Gasteiger partial charge in [0.15, 0.2) is 0 Å². The molecular weight excluding hydrogens is 160 g/mol. The standard InChI is InChI=1S/C3H8O2.C2H5NO.C2H3N/c1-4-3-5-2;1-2(3)4;1-2-3/h3H2,1-2H3;1H3,(H2,3,4);1H3. The zero-order chi connectivity index (χ0) is 10.4. The highest BCUT2D eigenvalue weighted by Gasteiger charge is 1.63. The molecule has 0 aliphatic heterocycles. The Morgan fingerprint density at radius 3 is 1.67 bits per heavy atom. The second-order valence-corrected chi connectivity index (χ2v) is 1.53. The number of hydrogen-bond donors (Lipinski definition) is 1. The van der Waals surface area contributed by atoms with E-state index in [1.807, 2.05) is 0 Å². The zero-order valence-electron chi connectivity index (χ0n) is 7.96. The second-order valence-electron chi connectivity index (χ2n) is 1.53. The van der Waals surface area contributed by atoms with Crippen LogP contribution in [-0.4, -0.2) is 26.9 Å². The number of carbonyl (C=O) groups excluding carboxylic acids is 1. The predicted molar refractivity (Wildman–Crippen MR) is 45.0 cm³/mol. The number of hydrogen-bond acceptors (Lipinski definition) is 4. The molecule has 0 aromatic carbocycles. The molecule has 1 amide bonds. The zero-order valence-corrected chi connectivity index (χ0v) is 7.96. The Morgan fingerprint density at radius 1 is 1.50 bits per heavy atom. The molecule has 0 aliphatic carbocycles. The summed E-state index contributed by atoms with van der Waals surface area (Å²) in [5.74, 6) is -0.333. The lowest BCUT2D eigenvalue weighted by atomic mass is 10.8. The Morgan fingerprint density at radius 2 is 1.67 bits per heavy atom. The summed E-state index contributed by atoms with van der Waals surface area (Å²) in [4.78, 5) is 9.22. The number of nitriles is 1. The van der Waals surface area contributed by atoms with Crippen molar-refractivity contribution in [1.29, 1.82) is 5.26 Å². The molecule has 0 bridgehead atoms. The Kier molecular flexibility index (Phi) is 32.1. The largest absolute Gasteiger partial charge is 0.370 e. The van der Waals surface area contributed by atoms with Crippen LogP contribution in [-0.2, 0) is 14.3 Å². The van der Waals surface area contributed by atoms with Crippen LogP contribution in [0.25, 0.3) is 0 Å². The fourth-order valence-electron chi connectivity index (χ4n) is 0.118. The van der Waals surface area contributed by atoms with Crippen molar-refractivity contribution in [2.45, 2.75) is 13.8 Å². The van der Waals surface area contributed by atoms with Gasteiger partial charge in [0.1, 0.15) is 6.79 Å². The highest BCUT2D eigenvalue weighted by atomic mass is 16.6. The van der Waals surface area contributed by atoms with Gasteiger partial charge in [0, 0.05) is 28.1 Å². The van der Waals surface area contributed by atoms with Crippen molar-refractivity contribution >= 4 is 5.91 Å². The van der Waals surface area contributed by atoms with Crippen LogP contribution in [0.4, 0.5) is 0 Å². The molecule has 0 saturated carbocycles. The van der Waals surface area contributed by atoms with E-state index < -0.39 is 0 Å². The maximum absolute atomic E-state index is 9.22. The first-order valence-electron chi connectivity index (χ1n) is 3.11. The van der Waals surface area contributed by atoms with Crippen molar-refractivity contribution in [2.24, 2.45) is 5.73 Å². The van der Waals surface area contributed by atoms with Crippen molar-refractivity contribution in [1.82, 2.24) is 0 Å². The van der Waals surface area contributed by atoms with Gasteiger partial charge in [-0.15, -0.1) is 0 Å². The van der Waals surface area contributed by atoms with E-state index in [-0.39, 0.29) is 5.91 Å². The van der Waals surface area contributed by atoms with Crippen LogP contribution >= 0.6 is 0 Å².